The topological polar surface area (TPSA) is 43.7 Å². The van der Waals surface area contributed by atoms with Crippen LogP contribution in [0.4, 0.5) is 0 Å². The van der Waals surface area contributed by atoms with Crippen LogP contribution in [0.3, 0.4) is 0 Å². The zero-order chi connectivity index (χ0) is 15.7. The maximum absolute atomic E-state index is 10.4. The molecule has 2 aromatic rings. The van der Waals surface area contributed by atoms with Gasteiger partial charge in [0.25, 0.3) is 0 Å². The van der Waals surface area contributed by atoms with E-state index in [-0.39, 0.29) is 11.5 Å². The van der Waals surface area contributed by atoms with Gasteiger partial charge in [-0.25, -0.2) is 0 Å². The molecule has 3 rings (SSSR count). The Labute approximate surface area is 143 Å². The molecular formula is C17H18BrNO2S. The van der Waals surface area contributed by atoms with Gasteiger partial charge < -0.3 is 15.1 Å². The fourth-order valence-electron chi connectivity index (χ4n) is 2.73. The molecule has 5 heteroatoms. The van der Waals surface area contributed by atoms with E-state index in [0.29, 0.717) is 4.47 Å². The molecule has 0 bridgehead atoms. The van der Waals surface area contributed by atoms with Crippen molar-refractivity contribution in [1.82, 2.24) is 4.90 Å². The Morgan fingerprint density at radius 2 is 1.64 bits per heavy atom. The molecule has 0 aliphatic carbocycles. The van der Waals surface area contributed by atoms with Gasteiger partial charge in [0.1, 0.15) is 0 Å². The number of hydrogen-bond acceptors (Lipinski definition) is 4. The van der Waals surface area contributed by atoms with Crippen LogP contribution in [-0.4, -0.2) is 35.3 Å². The summed E-state index contributed by atoms with van der Waals surface area (Å²) in [6, 6.07) is 9.95. The Hall–Kier alpha value is -1.17. The summed E-state index contributed by atoms with van der Waals surface area (Å²) in [4.78, 5) is 4.11. The first-order valence-electron chi connectivity index (χ1n) is 7.24. The van der Waals surface area contributed by atoms with Crippen LogP contribution in [0.2, 0.25) is 0 Å². The van der Waals surface area contributed by atoms with Gasteiger partial charge in [-0.2, -0.15) is 0 Å². The molecule has 1 aliphatic rings. The lowest BCUT2D eigenvalue weighted by Gasteiger charge is -2.17. The molecule has 116 valence electrons. The Morgan fingerprint density at radius 3 is 2.32 bits per heavy atom. The lowest BCUT2D eigenvalue weighted by atomic mass is 10.0. The molecule has 0 saturated carbocycles. The SMILES string of the molecule is CN1CCc2c(Br)c(O)c(O)c(Sc3ccccc3)c2CC1. The summed E-state index contributed by atoms with van der Waals surface area (Å²) >= 11 is 4.97. The van der Waals surface area contributed by atoms with E-state index >= 15 is 0 Å². The van der Waals surface area contributed by atoms with Crippen molar-refractivity contribution in [1.29, 1.82) is 0 Å². The first kappa shape index (κ1) is 15.7. The van der Waals surface area contributed by atoms with Gasteiger partial charge in [-0.3, -0.25) is 0 Å². The summed E-state index contributed by atoms with van der Waals surface area (Å²) in [5, 5.41) is 20.7. The highest BCUT2D eigenvalue weighted by atomic mass is 79.9. The van der Waals surface area contributed by atoms with E-state index < -0.39 is 0 Å². The molecule has 22 heavy (non-hydrogen) atoms. The van der Waals surface area contributed by atoms with Crippen LogP contribution in [0.1, 0.15) is 11.1 Å². The molecule has 1 heterocycles. The number of hydrogen-bond donors (Lipinski definition) is 2. The molecule has 0 unspecified atom stereocenters. The van der Waals surface area contributed by atoms with Crippen molar-refractivity contribution in [3.8, 4) is 11.5 Å². The maximum Gasteiger partial charge on any atom is 0.173 e. The molecule has 0 spiro atoms. The van der Waals surface area contributed by atoms with Crippen LogP contribution in [0.5, 0.6) is 11.5 Å². The summed E-state index contributed by atoms with van der Waals surface area (Å²) in [7, 11) is 2.10. The summed E-state index contributed by atoms with van der Waals surface area (Å²) in [6.07, 6.45) is 1.73. The van der Waals surface area contributed by atoms with Crippen LogP contribution in [0, 0.1) is 0 Å². The number of nitrogens with zero attached hydrogens (tertiary/aromatic N) is 1. The minimum Gasteiger partial charge on any atom is -0.503 e. The third-order valence-electron chi connectivity index (χ3n) is 4.00. The monoisotopic (exact) mass is 379 g/mol. The molecule has 2 N–H and O–H groups in total. The molecule has 0 radical (unpaired) electrons. The predicted molar refractivity (Wildman–Crippen MR) is 92.9 cm³/mol. The molecule has 0 amide bonds. The summed E-state index contributed by atoms with van der Waals surface area (Å²) in [6.45, 7) is 1.90. The number of aromatic hydroxyl groups is 2. The first-order chi connectivity index (χ1) is 10.6. The second-order valence-electron chi connectivity index (χ2n) is 5.52. The van der Waals surface area contributed by atoms with E-state index in [0.717, 1.165) is 46.8 Å². The third kappa shape index (κ3) is 2.98. The van der Waals surface area contributed by atoms with Crippen molar-refractivity contribution in [3.05, 3.63) is 45.9 Å². The van der Waals surface area contributed by atoms with E-state index in [2.05, 4.69) is 27.9 Å². The lowest BCUT2D eigenvalue weighted by Crippen LogP contribution is -2.20. The molecule has 3 nitrogen and oxygen atoms in total. The summed E-state index contributed by atoms with van der Waals surface area (Å²) < 4.78 is 0.632. The number of halogens is 1. The highest BCUT2D eigenvalue weighted by Gasteiger charge is 2.25. The van der Waals surface area contributed by atoms with Gasteiger partial charge in [-0.05, 0) is 59.1 Å². The molecule has 0 fully saturated rings. The number of fused-ring (bicyclic) bond motifs is 1. The van der Waals surface area contributed by atoms with Crippen LogP contribution >= 0.6 is 27.7 Å². The second-order valence-corrected chi connectivity index (χ2v) is 7.39. The van der Waals surface area contributed by atoms with Gasteiger partial charge in [-0.15, -0.1) is 0 Å². The molecule has 0 atom stereocenters. The fourth-order valence-corrected chi connectivity index (χ4v) is 4.42. The van der Waals surface area contributed by atoms with Crippen LogP contribution < -0.4 is 0 Å². The molecular weight excluding hydrogens is 362 g/mol. The smallest absolute Gasteiger partial charge is 0.173 e. The normalized spacial score (nSPS) is 15.4. The van der Waals surface area contributed by atoms with Gasteiger partial charge in [0, 0.05) is 18.0 Å². The van der Waals surface area contributed by atoms with Gasteiger partial charge in [0.15, 0.2) is 11.5 Å². The van der Waals surface area contributed by atoms with E-state index in [1.165, 1.54) is 11.8 Å². The Morgan fingerprint density at radius 1 is 1.00 bits per heavy atom. The van der Waals surface area contributed by atoms with Crippen LogP contribution in [0.15, 0.2) is 44.6 Å². The van der Waals surface area contributed by atoms with Crippen LogP contribution in [-0.2, 0) is 12.8 Å². The highest BCUT2D eigenvalue weighted by Crippen LogP contribution is 2.48. The van der Waals surface area contributed by atoms with Gasteiger partial charge in [-0.1, -0.05) is 30.0 Å². The van der Waals surface area contributed by atoms with E-state index in [4.69, 9.17) is 0 Å². The third-order valence-corrected chi connectivity index (χ3v) is 6.01. The minimum absolute atomic E-state index is 0.0240. The average molecular weight is 380 g/mol. The highest BCUT2D eigenvalue weighted by molar-refractivity contribution is 9.10. The Kier molecular flexibility index (Phi) is 4.66. The Bertz CT molecular complexity index is 691. The minimum atomic E-state index is -0.0539. The van der Waals surface area contributed by atoms with E-state index in [9.17, 15) is 10.2 Å². The fraction of sp³-hybridized carbons (Fsp3) is 0.294. The van der Waals surface area contributed by atoms with Crippen molar-refractivity contribution < 1.29 is 10.2 Å². The van der Waals surface area contributed by atoms with Crippen molar-refractivity contribution in [3.63, 3.8) is 0 Å². The number of phenols is 2. The largest absolute Gasteiger partial charge is 0.503 e. The van der Waals surface area contributed by atoms with E-state index in [1.54, 1.807) is 0 Å². The number of benzene rings is 2. The summed E-state index contributed by atoms with van der Waals surface area (Å²) in [5.41, 5.74) is 2.25. The van der Waals surface area contributed by atoms with Gasteiger partial charge >= 0.3 is 0 Å². The van der Waals surface area contributed by atoms with E-state index in [1.807, 2.05) is 30.3 Å². The zero-order valence-electron chi connectivity index (χ0n) is 12.3. The standard InChI is InChI=1S/C17H18BrNO2S/c1-19-9-7-12-13(8-10-19)17(16(21)15(20)14(12)18)22-11-5-3-2-4-6-11/h2-6,20-21H,7-10H2,1H3. The average Bonchev–Trinajstić information content (AvgIpc) is 2.73. The first-order valence-corrected chi connectivity index (χ1v) is 8.85. The molecule has 1 aliphatic heterocycles. The zero-order valence-corrected chi connectivity index (χ0v) is 14.7. The van der Waals surface area contributed by atoms with Crippen molar-refractivity contribution in [2.24, 2.45) is 0 Å². The predicted octanol–water partition coefficient (Wildman–Crippen LogP) is 4.04. The second kappa shape index (κ2) is 6.52. The van der Waals surface area contributed by atoms with Crippen molar-refractivity contribution >= 4 is 27.7 Å². The quantitative estimate of drug-likeness (QED) is 0.772. The summed E-state index contributed by atoms with van der Waals surface area (Å²) in [5.74, 6) is -0.0780. The Balaban J connectivity index is 2.11. The van der Waals surface area contributed by atoms with Crippen LogP contribution in [0.25, 0.3) is 0 Å². The molecule has 0 saturated heterocycles. The van der Waals surface area contributed by atoms with Gasteiger partial charge in [0.2, 0.25) is 0 Å². The van der Waals surface area contributed by atoms with Gasteiger partial charge in [0.05, 0.1) is 9.37 Å². The number of phenolic OH excluding ortho intramolecular Hbond substituents is 2. The number of rotatable bonds is 2. The molecule has 2 aromatic carbocycles. The molecule has 0 aromatic heterocycles. The van der Waals surface area contributed by atoms with Crippen molar-refractivity contribution in [2.75, 3.05) is 20.1 Å². The number of likely N-dealkylation sites (N-methyl/N-ethyl adjacent to an activating group) is 1. The maximum atomic E-state index is 10.4. The lowest BCUT2D eigenvalue weighted by molar-refractivity contribution is 0.352. The van der Waals surface area contributed by atoms with Crippen molar-refractivity contribution in [2.45, 2.75) is 22.6 Å².